The van der Waals surface area contributed by atoms with Gasteiger partial charge >= 0.3 is 39.5 Å². The lowest BCUT2D eigenvalue weighted by Crippen LogP contribution is -2.30. The number of esters is 4. The average Bonchev–Trinajstić information content (AvgIpc) is 0.937. The fourth-order valence-electron chi connectivity index (χ4n) is 11.3. The molecule has 0 radical (unpaired) electrons. The molecule has 3 N–H and O–H groups in total. The molecule has 0 aromatic rings. The maximum absolute atomic E-state index is 13.1. The van der Waals surface area contributed by atoms with E-state index in [4.69, 9.17) is 37.0 Å². The lowest BCUT2D eigenvalue weighted by molar-refractivity contribution is -0.161. The Balaban J connectivity index is 5.38. The molecule has 4 atom stereocenters. The van der Waals surface area contributed by atoms with Crippen LogP contribution in [0.5, 0.6) is 0 Å². The first-order chi connectivity index (χ1) is 50.7. The minimum atomic E-state index is -4.98. The number of rotatable bonds is 78. The summed E-state index contributed by atoms with van der Waals surface area (Å²) >= 11 is 0. The maximum atomic E-state index is 13.1. The van der Waals surface area contributed by atoms with Crippen molar-refractivity contribution in [1.82, 2.24) is 0 Å². The van der Waals surface area contributed by atoms with E-state index in [0.29, 0.717) is 25.7 Å². The summed E-state index contributed by atoms with van der Waals surface area (Å²) in [6.07, 6.45) is 82.3. The summed E-state index contributed by atoms with van der Waals surface area (Å²) in [6, 6.07) is 0. The van der Waals surface area contributed by atoms with E-state index in [2.05, 4.69) is 125 Å². The van der Waals surface area contributed by atoms with Gasteiger partial charge in [-0.3, -0.25) is 37.3 Å². The zero-order valence-corrected chi connectivity index (χ0v) is 67.7. The maximum Gasteiger partial charge on any atom is 0.472 e. The minimum Gasteiger partial charge on any atom is -0.462 e. The molecule has 0 aromatic heterocycles. The van der Waals surface area contributed by atoms with Gasteiger partial charge in [0.1, 0.15) is 19.3 Å². The van der Waals surface area contributed by atoms with E-state index in [9.17, 15) is 43.2 Å². The number of carbonyl (C=O) groups excluding carboxylic acids is 4. The molecule has 4 unspecified atom stereocenters. The van der Waals surface area contributed by atoms with E-state index in [-0.39, 0.29) is 25.7 Å². The van der Waals surface area contributed by atoms with Crippen LogP contribution in [0.15, 0.2) is 97.2 Å². The van der Waals surface area contributed by atoms with E-state index >= 15 is 0 Å². The molecule has 0 rings (SSSR count). The first-order valence-electron chi connectivity index (χ1n) is 41.5. The van der Waals surface area contributed by atoms with Gasteiger partial charge in [0.05, 0.1) is 26.4 Å². The molecule has 0 amide bonds. The molecule has 0 aliphatic heterocycles. The Bertz CT molecular complexity index is 2190. The number of phosphoric acid groups is 2. The first-order valence-corrected chi connectivity index (χ1v) is 44.5. The Morgan fingerprint density at radius 2 is 0.500 bits per heavy atom. The fraction of sp³-hybridized carbons (Fsp3) is 0.765. The highest BCUT2D eigenvalue weighted by atomic mass is 31.2. The van der Waals surface area contributed by atoms with Crippen molar-refractivity contribution >= 4 is 39.5 Å². The molecule has 0 saturated heterocycles. The van der Waals surface area contributed by atoms with Gasteiger partial charge in [0.25, 0.3) is 0 Å². The molecular weight excluding hydrogens is 1350 g/mol. The van der Waals surface area contributed by atoms with Gasteiger partial charge in [-0.15, -0.1) is 0 Å². The Hall–Kier alpha value is -4.02. The Labute approximate surface area is 633 Å². The number of ether oxygens (including phenoxy) is 4. The van der Waals surface area contributed by atoms with Gasteiger partial charge in [0, 0.05) is 25.7 Å². The second kappa shape index (κ2) is 77.1. The number of unbranched alkanes of at least 4 members (excludes halogenated alkanes) is 36. The molecule has 0 spiro atoms. The third-order valence-electron chi connectivity index (χ3n) is 17.6. The van der Waals surface area contributed by atoms with Crippen molar-refractivity contribution in [2.75, 3.05) is 39.6 Å². The van der Waals surface area contributed by atoms with Crippen LogP contribution in [0, 0.1) is 0 Å². The van der Waals surface area contributed by atoms with Crippen LogP contribution < -0.4 is 0 Å². The lowest BCUT2D eigenvalue weighted by Gasteiger charge is -2.21. The minimum absolute atomic E-state index is 0.0929. The SMILES string of the molecule is CC/C=C\C/C=C\C/C=C\C/C=C\CCCCCCC(=O)OCC(COP(=O)(O)OCC(O)COP(=O)(O)OCC(COC(=O)CCCCCC/C=C\C/C=C\C/C=C\C/C=C\CC)OC(=O)CCCCCCCCCCCCCCCCC)OC(=O)CCCCCCCCCCCCCCCCC. The van der Waals surface area contributed by atoms with Gasteiger partial charge in [0.15, 0.2) is 12.2 Å². The van der Waals surface area contributed by atoms with Crippen LogP contribution in [0.3, 0.4) is 0 Å². The van der Waals surface area contributed by atoms with E-state index < -0.39 is 97.5 Å². The van der Waals surface area contributed by atoms with E-state index in [1.807, 2.05) is 0 Å². The van der Waals surface area contributed by atoms with Gasteiger partial charge in [-0.05, 0) is 103 Å². The van der Waals surface area contributed by atoms with Crippen LogP contribution in [0.4, 0.5) is 0 Å². The summed E-state index contributed by atoms with van der Waals surface area (Å²) in [5, 5.41) is 10.7. The summed E-state index contributed by atoms with van der Waals surface area (Å²) in [6.45, 7) is 4.67. The van der Waals surface area contributed by atoms with Crippen molar-refractivity contribution in [1.29, 1.82) is 0 Å². The monoisotopic (exact) mass is 1510 g/mol. The summed E-state index contributed by atoms with van der Waals surface area (Å²) in [5.74, 6) is -2.20. The highest BCUT2D eigenvalue weighted by Gasteiger charge is 2.30. The van der Waals surface area contributed by atoms with Crippen molar-refractivity contribution in [3.8, 4) is 0 Å². The molecular formula is C85H150O17P2. The predicted molar refractivity (Wildman–Crippen MR) is 427 cm³/mol. The number of allylic oxidation sites excluding steroid dienone is 16. The number of phosphoric ester groups is 2. The largest absolute Gasteiger partial charge is 0.472 e. The Kier molecular flexibility index (Phi) is 74.2. The van der Waals surface area contributed by atoms with Gasteiger partial charge in [-0.25, -0.2) is 9.13 Å². The third-order valence-corrected chi connectivity index (χ3v) is 19.5. The second-order valence-electron chi connectivity index (χ2n) is 27.7. The van der Waals surface area contributed by atoms with Crippen LogP contribution in [-0.4, -0.2) is 96.7 Å². The second-order valence-corrected chi connectivity index (χ2v) is 30.6. The molecule has 0 aromatic carbocycles. The third kappa shape index (κ3) is 76.2. The highest BCUT2D eigenvalue weighted by Crippen LogP contribution is 2.45. The summed E-state index contributed by atoms with van der Waals surface area (Å²) in [7, 11) is -9.96. The highest BCUT2D eigenvalue weighted by molar-refractivity contribution is 7.47. The van der Waals surface area contributed by atoms with Crippen molar-refractivity contribution in [3.63, 3.8) is 0 Å². The fourth-order valence-corrected chi connectivity index (χ4v) is 12.9. The predicted octanol–water partition coefficient (Wildman–Crippen LogP) is 24.3. The van der Waals surface area contributed by atoms with Crippen LogP contribution in [-0.2, 0) is 65.4 Å². The van der Waals surface area contributed by atoms with Crippen molar-refractivity contribution in [3.05, 3.63) is 97.2 Å². The molecule has 0 fully saturated rings. The molecule has 0 aliphatic rings. The smallest absolute Gasteiger partial charge is 0.462 e. The zero-order valence-electron chi connectivity index (χ0n) is 65.9. The molecule has 602 valence electrons. The molecule has 19 heteroatoms. The Morgan fingerprint density at radius 1 is 0.279 bits per heavy atom. The normalized spacial score (nSPS) is 14.3. The molecule has 0 saturated carbocycles. The topological polar surface area (TPSA) is 237 Å². The molecule has 17 nitrogen and oxygen atoms in total. The van der Waals surface area contributed by atoms with Crippen LogP contribution >= 0.6 is 15.6 Å². The molecule has 0 heterocycles. The van der Waals surface area contributed by atoms with Crippen molar-refractivity contribution in [2.45, 2.75) is 380 Å². The molecule has 0 aliphatic carbocycles. The standard InChI is InChI=1S/C85H150O17P2/c1-5-9-13-17-21-25-29-33-37-39-43-45-49-53-57-61-65-69-82(87)95-75-80(101-84(89)71-67-63-59-55-51-47-41-35-31-27-23-19-15-11-7-3)77-99-103(91,92)97-73-79(86)74-98-104(93,94)100-78-81(102-85(90)72-68-64-60-56-52-48-42-36-32-28-24-20-16-12-8-4)76-96-83(88)70-66-62-58-54-50-46-44-40-38-34-30-26-22-18-14-10-6-2/h9-10,13-14,21-22,25-26,33-34,37-38,43-46,79-81,86H,5-8,11-12,15-20,23-24,27-32,35-36,39-42,47-78H2,1-4H3,(H,91,92)(H,93,94)/b13-9-,14-10-,25-21-,26-22-,37-33-,38-34-,45-43-,46-44-. The first kappa shape index (κ1) is 100.0. The van der Waals surface area contributed by atoms with Crippen molar-refractivity contribution in [2.24, 2.45) is 0 Å². The van der Waals surface area contributed by atoms with Gasteiger partial charge in [-0.2, -0.15) is 0 Å². The van der Waals surface area contributed by atoms with Gasteiger partial charge in [0.2, 0.25) is 0 Å². The number of aliphatic hydroxyl groups is 1. The van der Waals surface area contributed by atoms with Crippen LogP contribution in [0.2, 0.25) is 0 Å². The number of aliphatic hydroxyl groups excluding tert-OH is 1. The van der Waals surface area contributed by atoms with Crippen LogP contribution in [0.1, 0.15) is 362 Å². The van der Waals surface area contributed by atoms with E-state index in [1.54, 1.807) is 0 Å². The average molecular weight is 1510 g/mol. The van der Waals surface area contributed by atoms with E-state index in [0.717, 1.165) is 154 Å². The quantitative estimate of drug-likeness (QED) is 0.0169. The molecule has 104 heavy (non-hydrogen) atoms. The van der Waals surface area contributed by atoms with Crippen molar-refractivity contribution < 1.29 is 80.2 Å². The van der Waals surface area contributed by atoms with Crippen LogP contribution in [0.25, 0.3) is 0 Å². The summed E-state index contributed by atoms with van der Waals surface area (Å²) in [5.41, 5.74) is 0. The number of carbonyl (C=O) groups is 4. The zero-order chi connectivity index (χ0) is 76.0. The van der Waals surface area contributed by atoms with E-state index in [1.165, 1.54) is 128 Å². The number of hydrogen-bond donors (Lipinski definition) is 3. The number of hydrogen-bond acceptors (Lipinski definition) is 15. The summed E-state index contributed by atoms with van der Waals surface area (Å²) < 4.78 is 68.7. The van der Waals surface area contributed by atoms with Gasteiger partial charge in [-0.1, -0.05) is 330 Å². The lowest BCUT2D eigenvalue weighted by atomic mass is 10.0. The van der Waals surface area contributed by atoms with Gasteiger partial charge < -0.3 is 33.8 Å². The summed E-state index contributed by atoms with van der Waals surface area (Å²) in [4.78, 5) is 73.1. The Morgan fingerprint density at radius 3 is 0.769 bits per heavy atom. The molecule has 0 bridgehead atoms.